The maximum absolute atomic E-state index is 10.5. The van der Waals surface area contributed by atoms with Crippen LogP contribution in [0.3, 0.4) is 0 Å². The monoisotopic (exact) mass is 358 g/mol. The summed E-state index contributed by atoms with van der Waals surface area (Å²) in [6.07, 6.45) is 1.79. The van der Waals surface area contributed by atoms with E-state index in [4.69, 9.17) is 0 Å². The highest BCUT2D eigenvalue weighted by molar-refractivity contribution is 5.91. The van der Waals surface area contributed by atoms with Gasteiger partial charge in [-0.25, -0.2) is 4.98 Å². The molecule has 0 fully saturated rings. The number of hydrogen-bond acceptors (Lipinski definition) is 6. The molecule has 0 bridgehead atoms. The van der Waals surface area contributed by atoms with Crippen molar-refractivity contribution in [3.8, 4) is 0 Å². The van der Waals surface area contributed by atoms with Gasteiger partial charge in [0.15, 0.2) is 0 Å². The van der Waals surface area contributed by atoms with Gasteiger partial charge in [0.1, 0.15) is 11.6 Å². The molecule has 0 amide bonds. The van der Waals surface area contributed by atoms with E-state index in [-0.39, 0.29) is 6.04 Å². The van der Waals surface area contributed by atoms with Gasteiger partial charge in [-0.05, 0) is 23.3 Å². The van der Waals surface area contributed by atoms with Crippen molar-refractivity contribution in [1.29, 1.82) is 0 Å². The first-order chi connectivity index (χ1) is 13.3. The van der Waals surface area contributed by atoms with Crippen molar-refractivity contribution in [2.24, 2.45) is 0 Å². The first-order valence-electron chi connectivity index (χ1n) is 8.83. The maximum Gasteiger partial charge on any atom is 0.225 e. The van der Waals surface area contributed by atoms with Crippen LogP contribution in [0.4, 0.5) is 17.6 Å². The van der Waals surface area contributed by atoms with Crippen LogP contribution in [0.2, 0.25) is 0 Å². The van der Waals surface area contributed by atoms with E-state index >= 15 is 0 Å². The fourth-order valence-electron chi connectivity index (χ4n) is 3.58. The molecule has 2 aromatic heterocycles. The normalized spacial score (nSPS) is 18.4. The lowest BCUT2D eigenvalue weighted by Crippen LogP contribution is -2.22. The average Bonchev–Trinajstić information content (AvgIpc) is 3.30. The van der Waals surface area contributed by atoms with Gasteiger partial charge in [0.2, 0.25) is 5.95 Å². The summed E-state index contributed by atoms with van der Waals surface area (Å²) in [5.41, 5.74) is 3.06. The highest BCUT2D eigenvalue weighted by atomic mass is 16.3. The van der Waals surface area contributed by atoms with E-state index in [0.29, 0.717) is 18.2 Å². The van der Waals surface area contributed by atoms with Gasteiger partial charge >= 0.3 is 0 Å². The minimum absolute atomic E-state index is 0.234. The van der Waals surface area contributed by atoms with Crippen molar-refractivity contribution >= 4 is 28.5 Å². The highest BCUT2D eigenvalue weighted by Gasteiger charge is 2.31. The van der Waals surface area contributed by atoms with E-state index in [2.05, 4.69) is 30.8 Å². The zero-order chi connectivity index (χ0) is 18.2. The number of benzene rings is 2. The first-order valence-corrected chi connectivity index (χ1v) is 8.83. The third-order valence-electron chi connectivity index (χ3n) is 4.85. The van der Waals surface area contributed by atoms with Gasteiger partial charge in [-0.1, -0.05) is 36.4 Å². The predicted molar refractivity (Wildman–Crippen MR) is 104 cm³/mol. The molecule has 5 rings (SSSR count). The molecular weight excluding hydrogens is 340 g/mol. The average molecular weight is 358 g/mol. The summed E-state index contributed by atoms with van der Waals surface area (Å²) in [5.74, 6) is 1.89. The Morgan fingerprint density at radius 3 is 2.74 bits per heavy atom. The van der Waals surface area contributed by atoms with Crippen molar-refractivity contribution in [1.82, 2.24) is 20.2 Å². The highest BCUT2D eigenvalue weighted by Crippen LogP contribution is 2.34. The van der Waals surface area contributed by atoms with Crippen LogP contribution in [-0.4, -0.2) is 31.4 Å². The number of nitrogens with one attached hydrogen (secondary N) is 3. The van der Waals surface area contributed by atoms with Gasteiger partial charge in [-0.2, -0.15) is 10.1 Å². The second-order valence-electron chi connectivity index (χ2n) is 6.60. The van der Waals surface area contributed by atoms with Crippen molar-refractivity contribution in [2.45, 2.75) is 18.6 Å². The molecule has 0 radical (unpaired) electrons. The van der Waals surface area contributed by atoms with Crippen LogP contribution in [-0.2, 0) is 6.42 Å². The summed E-state index contributed by atoms with van der Waals surface area (Å²) in [5, 5.41) is 24.8. The lowest BCUT2D eigenvalue weighted by atomic mass is 10.1. The van der Waals surface area contributed by atoms with Crippen molar-refractivity contribution < 1.29 is 5.11 Å². The van der Waals surface area contributed by atoms with E-state index in [1.165, 1.54) is 0 Å². The fraction of sp³-hybridized carbons (Fsp3) is 0.150. The summed E-state index contributed by atoms with van der Waals surface area (Å²) < 4.78 is 0. The second kappa shape index (κ2) is 6.37. The molecule has 1 aliphatic rings. The van der Waals surface area contributed by atoms with Crippen molar-refractivity contribution in [3.63, 3.8) is 0 Å². The molecule has 0 saturated heterocycles. The molecule has 0 aliphatic heterocycles. The van der Waals surface area contributed by atoms with Gasteiger partial charge in [0.05, 0.1) is 23.9 Å². The Kier molecular flexibility index (Phi) is 3.72. The number of anilines is 3. The van der Waals surface area contributed by atoms with E-state index < -0.39 is 6.10 Å². The van der Waals surface area contributed by atoms with Gasteiger partial charge in [-0.15, -0.1) is 0 Å². The van der Waals surface area contributed by atoms with Crippen LogP contribution in [0.15, 0.2) is 60.8 Å². The summed E-state index contributed by atoms with van der Waals surface area (Å²) in [6.45, 7) is 0. The Hall–Kier alpha value is -3.45. The zero-order valence-corrected chi connectivity index (χ0v) is 14.4. The third kappa shape index (κ3) is 2.88. The Morgan fingerprint density at radius 1 is 1.00 bits per heavy atom. The standard InChI is InChI=1S/C20H18N6O/c27-16-11-12-5-1-2-6-13(12)18(16)24-20-22-15-8-4-3-7-14(15)19(25-20)23-17-9-10-21-26-17/h1-10,16,18,27H,11H2,(H3,21,22,23,24,25,26)/t16-,18-/m0/s1. The smallest absolute Gasteiger partial charge is 0.225 e. The molecular formula is C20H18N6O. The van der Waals surface area contributed by atoms with E-state index in [1.54, 1.807) is 6.20 Å². The number of hydrogen-bond donors (Lipinski definition) is 4. The molecule has 4 N–H and O–H groups in total. The van der Waals surface area contributed by atoms with Crippen LogP contribution in [0.1, 0.15) is 17.2 Å². The van der Waals surface area contributed by atoms with E-state index in [9.17, 15) is 5.11 Å². The van der Waals surface area contributed by atoms with Crippen molar-refractivity contribution in [3.05, 3.63) is 71.9 Å². The molecule has 0 unspecified atom stereocenters. The first kappa shape index (κ1) is 15.8. The predicted octanol–water partition coefficient (Wildman–Crippen LogP) is 3.17. The number of nitrogens with zero attached hydrogens (tertiary/aromatic N) is 3. The molecule has 27 heavy (non-hydrogen) atoms. The molecule has 7 nitrogen and oxygen atoms in total. The van der Waals surface area contributed by atoms with Crippen LogP contribution < -0.4 is 10.6 Å². The molecule has 0 spiro atoms. The molecule has 4 aromatic rings. The van der Waals surface area contributed by atoms with Gasteiger partial charge in [-0.3, -0.25) is 5.10 Å². The Morgan fingerprint density at radius 2 is 1.85 bits per heavy atom. The Bertz CT molecular complexity index is 1090. The molecule has 2 heterocycles. The third-order valence-corrected chi connectivity index (χ3v) is 4.85. The van der Waals surface area contributed by atoms with Crippen LogP contribution in [0.25, 0.3) is 10.9 Å². The van der Waals surface area contributed by atoms with Crippen LogP contribution in [0, 0.1) is 0 Å². The minimum atomic E-state index is -0.513. The number of fused-ring (bicyclic) bond motifs is 2. The number of aliphatic hydroxyl groups is 1. The Labute approximate surface area is 155 Å². The molecule has 134 valence electrons. The van der Waals surface area contributed by atoms with Crippen LogP contribution in [0.5, 0.6) is 0 Å². The summed E-state index contributed by atoms with van der Waals surface area (Å²) in [4.78, 5) is 9.29. The number of aliphatic hydroxyl groups excluding tert-OH is 1. The molecule has 1 aliphatic carbocycles. The largest absolute Gasteiger partial charge is 0.390 e. The van der Waals surface area contributed by atoms with E-state index in [1.807, 2.05) is 54.6 Å². The second-order valence-corrected chi connectivity index (χ2v) is 6.60. The lowest BCUT2D eigenvalue weighted by molar-refractivity contribution is 0.165. The summed E-state index contributed by atoms with van der Waals surface area (Å²) in [6, 6.07) is 17.5. The Balaban J connectivity index is 1.54. The number of H-pyrrole nitrogens is 1. The molecule has 2 atom stereocenters. The quantitative estimate of drug-likeness (QED) is 0.447. The van der Waals surface area contributed by atoms with E-state index in [0.717, 1.165) is 27.8 Å². The number of para-hydroxylation sites is 1. The van der Waals surface area contributed by atoms with Gasteiger partial charge < -0.3 is 15.7 Å². The SMILES string of the molecule is O[C@H]1Cc2ccccc2[C@@H]1Nc1nc(Nc2ccn[nH]2)c2ccccc2n1. The van der Waals surface area contributed by atoms with Crippen molar-refractivity contribution in [2.75, 3.05) is 10.6 Å². The molecule has 0 saturated carbocycles. The number of aromatic nitrogens is 4. The zero-order valence-electron chi connectivity index (χ0n) is 14.4. The minimum Gasteiger partial charge on any atom is -0.390 e. The fourth-order valence-corrected chi connectivity index (χ4v) is 3.58. The summed E-state index contributed by atoms with van der Waals surface area (Å²) in [7, 11) is 0. The topological polar surface area (TPSA) is 98.7 Å². The molecule has 7 heteroatoms. The van der Waals surface area contributed by atoms with Crippen LogP contribution >= 0.6 is 0 Å². The van der Waals surface area contributed by atoms with Gasteiger partial charge in [0, 0.05) is 17.9 Å². The lowest BCUT2D eigenvalue weighted by Gasteiger charge is -2.19. The maximum atomic E-state index is 10.5. The summed E-state index contributed by atoms with van der Waals surface area (Å²) >= 11 is 0. The number of aromatic amines is 1. The number of rotatable bonds is 4. The van der Waals surface area contributed by atoms with Gasteiger partial charge in [0.25, 0.3) is 0 Å². The molecule has 2 aromatic carbocycles.